The van der Waals surface area contributed by atoms with Gasteiger partial charge in [-0.05, 0) is 52.1 Å². The van der Waals surface area contributed by atoms with Crippen LogP contribution in [0.5, 0.6) is 0 Å². The Morgan fingerprint density at radius 1 is 1.23 bits per heavy atom. The highest BCUT2D eigenvalue weighted by atomic mass is 16.2. The number of anilines is 1. The van der Waals surface area contributed by atoms with E-state index in [9.17, 15) is 4.79 Å². The molecule has 0 bridgehead atoms. The van der Waals surface area contributed by atoms with E-state index in [0.29, 0.717) is 12.0 Å². The van der Waals surface area contributed by atoms with Gasteiger partial charge in [-0.2, -0.15) is 4.98 Å². The van der Waals surface area contributed by atoms with Gasteiger partial charge in [0.2, 0.25) is 5.95 Å². The predicted octanol–water partition coefficient (Wildman–Crippen LogP) is 1.61. The summed E-state index contributed by atoms with van der Waals surface area (Å²) in [7, 11) is 1.83. The minimum atomic E-state index is -0.0607. The maximum absolute atomic E-state index is 12.6. The first-order chi connectivity index (χ1) is 10.6. The molecule has 1 aromatic rings. The number of carbonyl (C=O) groups is 1. The number of hydrogen-bond donors (Lipinski definition) is 1. The molecule has 1 atom stereocenters. The van der Waals surface area contributed by atoms with Gasteiger partial charge in [0.15, 0.2) is 0 Å². The van der Waals surface area contributed by atoms with Crippen molar-refractivity contribution in [3.8, 4) is 0 Å². The van der Waals surface area contributed by atoms with Crippen LogP contribution in [-0.2, 0) is 7.05 Å². The molecule has 0 radical (unpaired) electrons. The number of aryl methyl sites for hydroxylation is 2. The fourth-order valence-corrected chi connectivity index (χ4v) is 3.40. The zero-order chi connectivity index (χ0) is 15.5. The Balaban J connectivity index is 1.62. The van der Waals surface area contributed by atoms with E-state index in [1.54, 1.807) is 4.68 Å². The third kappa shape index (κ3) is 3.40. The van der Waals surface area contributed by atoms with Gasteiger partial charge >= 0.3 is 6.03 Å². The van der Waals surface area contributed by atoms with Crippen molar-refractivity contribution in [2.45, 2.75) is 45.1 Å². The lowest BCUT2D eigenvalue weighted by Crippen LogP contribution is -2.50. The van der Waals surface area contributed by atoms with E-state index in [1.165, 1.54) is 32.4 Å². The van der Waals surface area contributed by atoms with Gasteiger partial charge in [-0.3, -0.25) is 10.00 Å². The van der Waals surface area contributed by atoms with E-state index in [0.717, 1.165) is 31.8 Å². The number of carbonyl (C=O) groups excluding carboxylic acids is 1. The highest BCUT2D eigenvalue weighted by molar-refractivity contribution is 5.87. The zero-order valence-corrected chi connectivity index (χ0v) is 13.6. The highest BCUT2D eigenvalue weighted by Crippen LogP contribution is 2.20. The number of urea groups is 1. The highest BCUT2D eigenvalue weighted by Gasteiger charge is 2.29. The minimum absolute atomic E-state index is 0.0607. The molecular formula is C15H26N6O. The van der Waals surface area contributed by atoms with E-state index in [4.69, 9.17) is 0 Å². The average Bonchev–Trinajstić information content (AvgIpc) is 3.10. The maximum atomic E-state index is 12.6. The lowest BCUT2D eigenvalue weighted by molar-refractivity contribution is 0.136. The molecule has 2 aliphatic heterocycles. The van der Waals surface area contributed by atoms with E-state index in [2.05, 4.69) is 20.3 Å². The second-order valence-electron chi connectivity index (χ2n) is 6.39. The standard InChI is InChI=1S/C15H26N6O/c1-12-16-14(18-19(12)2)17-15(22)21-10-4-3-7-13(21)11-20-8-5-6-9-20/h13H,3-11H2,1-2H3,(H,17,18,22). The SMILES string of the molecule is Cc1nc(NC(=O)N2CCCCC2CN2CCCC2)nn1C. The predicted molar refractivity (Wildman–Crippen MR) is 84.8 cm³/mol. The molecule has 7 heteroatoms. The Morgan fingerprint density at radius 3 is 2.64 bits per heavy atom. The van der Waals surface area contributed by atoms with Gasteiger partial charge in [-0.25, -0.2) is 4.79 Å². The number of rotatable bonds is 3. The van der Waals surface area contributed by atoms with Gasteiger partial charge in [0.1, 0.15) is 5.82 Å². The lowest BCUT2D eigenvalue weighted by Gasteiger charge is -2.37. The molecular weight excluding hydrogens is 280 g/mol. The summed E-state index contributed by atoms with van der Waals surface area (Å²) in [6.07, 6.45) is 5.96. The molecule has 22 heavy (non-hydrogen) atoms. The summed E-state index contributed by atoms with van der Waals surface area (Å²) < 4.78 is 1.67. The van der Waals surface area contributed by atoms with Gasteiger partial charge in [0, 0.05) is 26.2 Å². The van der Waals surface area contributed by atoms with Gasteiger partial charge in [0.05, 0.1) is 0 Å². The van der Waals surface area contributed by atoms with Crippen molar-refractivity contribution in [3.05, 3.63) is 5.82 Å². The average molecular weight is 306 g/mol. The number of likely N-dealkylation sites (tertiary alicyclic amines) is 2. The van der Waals surface area contributed by atoms with Crippen LogP contribution in [0, 0.1) is 6.92 Å². The van der Waals surface area contributed by atoms with Crippen LogP contribution < -0.4 is 5.32 Å². The number of piperidine rings is 1. The molecule has 2 amide bonds. The summed E-state index contributed by atoms with van der Waals surface area (Å²) in [6.45, 7) is 6.05. The van der Waals surface area contributed by atoms with Gasteiger partial charge < -0.3 is 9.80 Å². The summed E-state index contributed by atoms with van der Waals surface area (Å²) in [5.41, 5.74) is 0. The largest absolute Gasteiger partial charge is 0.324 e. The Kier molecular flexibility index (Phi) is 4.61. The molecule has 2 saturated heterocycles. The fraction of sp³-hybridized carbons (Fsp3) is 0.800. The number of nitrogens with zero attached hydrogens (tertiary/aromatic N) is 5. The third-order valence-electron chi connectivity index (χ3n) is 4.76. The normalized spacial score (nSPS) is 23.0. The Bertz CT molecular complexity index is 503. The quantitative estimate of drug-likeness (QED) is 0.921. The molecule has 122 valence electrons. The molecule has 3 heterocycles. The first-order valence-electron chi connectivity index (χ1n) is 8.31. The maximum Gasteiger partial charge on any atom is 0.324 e. The smallest absolute Gasteiger partial charge is 0.320 e. The fourth-order valence-electron chi connectivity index (χ4n) is 3.40. The van der Waals surface area contributed by atoms with Gasteiger partial charge in [-0.15, -0.1) is 5.10 Å². The molecule has 0 saturated carbocycles. The van der Waals surface area contributed by atoms with Gasteiger partial charge in [0.25, 0.3) is 0 Å². The van der Waals surface area contributed by atoms with Crippen molar-refractivity contribution >= 4 is 12.0 Å². The van der Waals surface area contributed by atoms with Crippen LogP contribution >= 0.6 is 0 Å². The second kappa shape index (κ2) is 6.64. The molecule has 0 aliphatic carbocycles. The van der Waals surface area contributed by atoms with Crippen LogP contribution in [0.3, 0.4) is 0 Å². The lowest BCUT2D eigenvalue weighted by atomic mass is 10.0. The number of amides is 2. The molecule has 3 rings (SSSR count). The first-order valence-corrected chi connectivity index (χ1v) is 8.31. The first kappa shape index (κ1) is 15.3. The van der Waals surface area contributed by atoms with Gasteiger partial charge in [-0.1, -0.05) is 0 Å². The van der Waals surface area contributed by atoms with Crippen molar-refractivity contribution in [2.75, 3.05) is 31.5 Å². The monoisotopic (exact) mass is 306 g/mol. The molecule has 1 aromatic heterocycles. The van der Waals surface area contributed by atoms with Crippen LogP contribution in [0.25, 0.3) is 0 Å². The van der Waals surface area contributed by atoms with E-state index in [-0.39, 0.29) is 6.03 Å². The topological polar surface area (TPSA) is 66.3 Å². The zero-order valence-electron chi connectivity index (χ0n) is 13.6. The molecule has 2 aliphatic rings. The summed E-state index contributed by atoms with van der Waals surface area (Å²) in [5, 5.41) is 7.06. The van der Waals surface area contributed by atoms with Crippen molar-refractivity contribution in [1.82, 2.24) is 24.6 Å². The Hall–Kier alpha value is -1.63. The summed E-state index contributed by atoms with van der Waals surface area (Å²) in [5.74, 6) is 1.19. The van der Waals surface area contributed by atoms with E-state index in [1.807, 2.05) is 18.9 Å². The number of hydrogen-bond acceptors (Lipinski definition) is 4. The molecule has 1 N–H and O–H groups in total. The minimum Gasteiger partial charge on any atom is -0.320 e. The van der Waals surface area contributed by atoms with Crippen molar-refractivity contribution in [3.63, 3.8) is 0 Å². The summed E-state index contributed by atoms with van der Waals surface area (Å²) in [6, 6.07) is 0.256. The van der Waals surface area contributed by atoms with Crippen molar-refractivity contribution in [2.24, 2.45) is 7.05 Å². The Morgan fingerprint density at radius 2 is 1.95 bits per heavy atom. The van der Waals surface area contributed by atoms with E-state index >= 15 is 0 Å². The van der Waals surface area contributed by atoms with Crippen LogP contribution in [0.15, 0.2) is 0 Å². The summed E-state index contributed by atoms with van der Waals surface area (Å²) in [4.78, 5) is 21.3. The van der Waals surface area contributed by atoms with Crippen LogP contribution in [-0.4, -0.2) is 62.8 Å². The Labute approximate surface area is 131 Å². The van der Waals surface area contributed by atoms with Crippen LogP contribution in [0.4, 0.5) is 10.7 Å². The van der Waals surface area contributed by atoms with Crippen molar-refractivity contribution < 1.29 is 4.79 Å². The molecule has 0 aromatic carbocycles. The van der Waals surface area contributed by atoms with Crippen LogP contribution in [0.2, 0.25) is 0 Å². The molecule has 7 nitrogen and oxygen atoms in total. The second-order valence-corrected chi connectivity index (χ2v) is 6.39. The molecule has 2 fully saturated rings. The molecule has 1 unspecified atom stereocenters. The third-order valence-corrected chi connectivity index (χ3v) is 4.76. The number of nitrogens with one attached hydrogen (secondary N) is 1. The van der Waals surface area contributed by atoms with Crippen molar-refractivity contribution in [1.29, 1.82) is 0 Å². The number of aromatic nitrogens is 3. The van der Waals surface area contributed by atoms with Crippen LogP contribution in [0.1, 0.15) is 37.9 Å². The summed E-state index contributed by atoms with van der Waals surface area (Å²) >= 11 is 0. The molecule has 0 spiro atoms. The van der Waals surface area contributed by atoms with E-state index < -0.39 is 0 Å².